The Morgan fingerprint density at radius 2 is 1.57 bits per heavy atom. The van der Waals surface area contributed by atoms with Gasteiger partial charge in [-0.2, -0.15) is 0 Å². The molecule has 2 aromatic heterocycles. The van der Waals surface area contributed by atoms with Crippen LogP contribution >= 0.6 is 0 Å². The van der Waals surface area contributed by atoms with Crippen LogP contribution in [0.1, 0.15) is 35.1 Å². The van der Waals surface area contributed by atoms with Crippen molar-refractivity contribution in [1.29, 1.82) is 0 Å². The SMILES string of the molecule is CCc1cc(F)ccc1-c1cccnc1Cc1cnc(CCc2ccccc2)nc1. The summed E-state index contributed by atoms with van der Waals surface area (Å²) in [5.41, 5.74) is 6.29. The molecular weight excluding hydrogens is 373 g/mol. The quantitative estimate of drug-likeness (QED) is 0.406. The fourth-order valence-corrected chi connectivity index (χ4v) is 3.64. The van der Waals surface area contributed by atoms with E-state index in [1.165, 1.54) is 11.6 Å². The number of pyridine rings is 1. The molecule has 4 rings (SSSR count). The van der Waals surface area contributed by atoms with Crippen LogP contribution in [0, 0.1) is 5.82 Å². The van der Waals surface area contributed by atoms with Gasteiger partial charge in [-0.3, -0.25) is 4.98 Å². The summed E-state index contributed by atoms with van der Waals surface area (Å²) in [5.74, 6) is 0.635. The van der Waals surface area contributed by atoms with Crippen LogP contribution in [0.2, 0.25) is 0 Å². The standard InChI is InChI=1S/C26H24FN3/c1-2-21-16-22(27)11-12-23(21)24-9-6-14-28-25(24)15-20-17-29-26(30-18-20)13-10-19-7-4-3-5-8-19/h3-9,11-12,14,16-18H,2,10,13,15H2,1H3. The van der Waals surface area contributed by atoms with E-state index in [1.807, 2.05) is 43.6 Å². The first-order chi connectivity index (χ1) is 14.7. The first kappa shape index (κ1) is 19.9. The fraction of sp³-hybridized carbons (Fsp3) is 0.192. The molecular formula is C26H24FN3. The van der Waals surface area contributed by atoms with Crippen molar-refractivity contribution in [2.75, 3.05) is 0 Å². The molecule has 0 aliphatic rings. The molecule has 0 unspecified atom stereocenters. The van der Waals surface area contributed by atoms with Gasteiger partial charge < -0.3 is 0 Å². The first-order valence-electron chi connectivity index (χ1n) is 10.3. The van der Waals surface area contributed by atoms with Crippen molar-refractivity contribution in [2.24, 2.45) is 0 Å². The minimum absolute atomic E-state index is 0.208. The van der Waals surface area contributed by atoms with Gasteiger partial charge in [-0.15, -0.1) is 0 Å². The van der Waals surface area contributed by atoms with Crippen molar-refractivity contribution in [3.63, 3.8) is 0 Å². The Labute approximate surface area is 176 Å². The molecule has 30 heavy (non-hydrogen) atoms. The van der Waals surface area contributed by atoms with Crippen molar-refractivity contribution < 1.29 is 4.39 Å². The highest BCUT2D eigenvalue weighted by Gasteiger charge is 2.12. The molecule has 0 fully saturated rings. The maximum Gasteiger partial charge on any atom is 0.128 e. The number of aryl methyl sites for hydroxylation is 3. The maximum atomic E-state index is 13.7. The van der Waals surface area contributed by atoms with Gasteiger partial charge in [0.15, 0.2) is 0 Å². The predicted octanol–water partition coefficient (Wildman–Crippen LogP) is 5.62. The molecule has 4 aromatic rings. The Bertz CT molecular complexity index is 1110. The van der Waals surface area contributed by atoms with Crippen molar-refractivity contribution in [2.45, 2.75) is 32.6 Å². The normalized spacial score (nSPS) is 10.9. The number of halogens is 1. The van der Waals surface area contributed by atoms with E-state index >= 15 is 0 Å². The molecule has 0 atom stereocenters. The van der Waals surface area contributed by atoms with Crippen LogP contribution in [0.4, 0.5) is 4.39 Å². The lowest BCUT2D eigenvalue weighted by molar-refractivity contribution is 0.626. The fourth-order valence-electron chi connectivity index (χ4n) is 3.64. The third-order valence-corrected chi connectivity index (χ3v) is 5.24. The van der Waals surface area contributed by atoms with E-state index < -0.39 is 0 Å². The smallest absolute Gasteiger partial charge is 0.128 e. The summed E-state index contributed by atoms with van der Waals surface area (Å²) in [6.07, 6.45) is 8.71. The molecule has 150 valence electrons. The van der Waals surface area contributed by atoms with Crippen molar-refractivity contribution in [1.82, 2.24) is 15.0 Å². The lowest BCUT2D eigenvalue weighted by Crippen LogP contribution is -2.02. The molecule has 0 bridgehead atoms. The molecule has 0 N–H and O–H groups in total. The summed E-state index contributed by atoms with van der Waals surface area (Å²) in [6, 6.07) is 19.3. The van der Waals surface area contributed by atoms with E-state index in [0.29, 0.717) is 6.42 Å². The average Bonchev–Trinajstić information content (AvgIpc) is 2.80. The van der Waals surface area contributed by atoms with Crippen LogP contribution in [0.5, 0.6) is 0 Å². The molecule has 0 saturated heterocycles. The summed E-state index contributed by atoms with van der Waals surface area (Å²) < 4.78 is 13.7. The Balaban J connectivity index is 1.51. The zero-order chi connectivity index (χ0) is 20.8. The Hall–Kier alpha value is -3.40. The predicted molar refractivity (Wildman–Crippen MR) is 118 cm³/mol. The zero-order valence-corrected chi connectivity index (χ0v) is 17.1. The van der Waals surface area contributed by atoms with E-state index in [-0.39, 0.29) is 5.82 Å². The monoisotopic (exact) mass is 397 g/mol. The highest BCUT2D eigenvalue weighted by molar-refractivity contribution is 5.70. The van der Waals surface area contributed by atoms with Gasteiger partial charge in [0.2, 0.25) is 0 Å². The van der Waals surface area contributed by atoms with Gasteiger partial charge in [0.25, 0.3) is 0 Å². The molecule has 0 radical (unpaired) electrons. The number of hydrogen-bond acceptors (Lipinski definition) is 3. The van der Waals surface area contributed by atoms with Crippen LogP contribution in [0.15, 0.2) is 79.3 Å². The third-order valence-electron chi connectivity index (χ3n) is 5.24. The van der Waals surface area contributed by atoms with E-state index in [2.05, 4.69) is 39.2 Å². The molecule has 2 heterocycles. The van der Waals surface area contributed by atoms with Crippen molar-refractivity contribution in [3.05, 3.63) is 113 Å². The Morgan fingerprint density at radius 3 is 2.33 bits per heavy atom. The molecule has 4 heteroatoms. The Morgan fingerprint density at radius 1 is 0.767 bits per heavy atom. The van der Waals surface area contributed by atoms with Crippen LogP contribution in [0.25, 0.3) is 11.1 Å². The molecule has 0 spiro atoms. The number of aromatic nitrogens is 3. The van der Waals surface area contributed by atoms with Crippen LogP contribution in [0.3, 0.4) is 0 Å². The molecule has 0 aliphatic carbocycles. The van der Waals surface area contributed by atoms with Gasteiger partial charge in [-0.25, -0.2) is 14.4 Å². The molecule has 0 amide bonds. The lowest BCUT2D eigenvalue weighted by Gasteiger charge is -2.12. The number of hydrogen-bond donors (Lipinski definition) is 0. The summed E-state index contributed by atoms with van der Waals surface area (Å²) in [5, 5.41) is 0. The number of rotatable bonds is 7. The summed E-state index contributed by atoms with van der Waals surface area (Å²) in [4.78, 5) is 13.7. The topological polar surface area (TPSA) is 38.7 Å². The zero-order valence-electron chi connectivity index (χ0n) is 17.1. The average molecular weight is 397 g/mol. The summed E-state index contributed by atoms with van der Waals surface area (Å²) in [6.45, 7) is 2.04. The highest BCUT2D eigenvalue weighted by atomic mass is 19.1. The van der Waals surface area contributed by atoms with Crippen LogP contribution in [-0.4, -0.2) is 15.0 Å². The van der Waals surface area contributed by atoms with E-state index in [9.17, 15) is 4.39 Å². The first-order valence-corrected chi connectivity index (χ1v) is 10.3. The van der Waals surface area contributed by atoms with Crippen LogP contribution in [-0.2, 0) is 25.7 Å². The third kappa shape index (κ3) is 4.77. The molecule has 0 saturated carbocycles. The van der Waals surface area contributed by atoms with Crippen molar-refractivity contribution >= 4 is 0 Å². The summed E-state index contributed by atoms with van der Waals surface area (Å²) in [7, 11) is 0. The Kier molecular flexibility index (Phi) is 6.23. The molecule has 2 aromatic carbocycles. The van der Waals surface area contributed by atoms with Crippen molar-refractivity contribution in [3.8, 4) is 11.1 Å². The second kappa shape index (κ2) is 9.40. The minimum atomic E-state index is -0.208. The van der Waals surface area contributed by atoms with Gasteiger partial charge in [-0.1, -0.05) is 49.4 Å². The van der Waals surface area contributed by atoms with E-state index in [4.69, 9.17) is 0 Å². The maximum absolute atomic E-state index is 13.7. The van der Waals surface area contributed by atoms with E-state index in [1.54, 1.807) is 12.3 Å². The number of benzene rings is 2. The van der Waals surface area contributed by atoms with Gasteiger partial charge in [0.1, 0.15) is 11.6 Å². The van der Waals surface area contributed by atoms with Crippen LogP contribution < -0.4 is 0 Å². The molecule has 3 nitrogen and oxygen atoms in total. The second-order valence-electron chi connectivity index (χ2n) is 7.32. The molecule has 0 aliphatic heterocycles. The largest absolute Gasteiger partial charge is 0.260 e. The second-order valence-corrected chi connectivity index (χ2v) is 7.32. The minimum Gasteiger partial charge on any atom is -0.260 e. The number of nitrogens with zero attached hydrogens (tertiary/aromatic N) is 3. The van der Waals surface area contributed by atoms with Gasteiger partial charge in [-0.05, 0) is 53.3 Å². The van der Waals surface area contributed by atoms with E-state index in [0.717, 1.165) is 53.0 Å². The van der Waals surface area contributed by atoms with Gasteiger partial charge >= 0.3 is 0 Å². The lowest BCUT2D eigenvalue weighted by atomic mass is 9.95. The highest BCUT2D eigenvalue weighted by Crippen LogP contribution is 2.28. The van der Waals surface area contributed by atoms with Gasteiger partial charge in [0.05, 0.1) is 5.69 Å². The summed E-state index contributed by atoms with van der Waals surface area (Å²) >= 11 is 0. The van der Waals surface area contributed by atoms with Gasteiger partial charge in [0, 0.05) is 37.0 Å².